The molecule has 0 unspecified atom stereocenters. The van der Waals surface area contributed by atoms with Crippen molar-refractivity contribution in [1.29, 1.82) is 0 Å². The first kappa shape index (κ1) is 39.4. The number of primary amides is 1. The molecule has 2 saturated carbocycles. The second kappa shape index (κ2) is 14.5. The number of furan rings is 1. The van der Waals surface area contributed by atoms with Gasteiger partial charge in [0, 0.05) is 23.1 Å². The van der Waals surface area contributed by atoms with E-state index in [9.17, 15) is 22.8 Å². The van der Waals surface area contributed by atoms with Gasteiger partial charge in [0.2, 0.25) is 21.8 Å². The van der Waals surface area contributed by atoms with Gasteiger partial charge < -0.3 is 34.6 Å². The molecule has 0 radical (unpaired) electrons. The fourth-order valence-electron chi connectivity index (χ4n) is 8.79. The fourth-order valence-corrected chi connectivity index (χ4v) is 10.2. The number of carbonyl (C=O) groups excluding carboxylic acids is 4. The van der Waals surface area contributed by atoms with Gasteiger partial charge in [0.05, 0.1) is 24.3 Å². The summed E-state index contributed by atoms with van der Waals surface area (Å²) >= 11 is 0. The maximum atomic E-state index is 15.3. The van der Waals surface area contributed by atoms with Crippen LogP contribution in [0.25, 0.3) is 32.8 Å². The molecule has 16 heteroatoms. The highest BCUT2D eigenvalue weighted by Crippen LogP contribution is 2.50. The van der Waals surface area contributed by atoms with Gasteiger partial charge >= 0.3 is 6.09 Å². The SMILES string of the molecule is COc1ccc2oc3c4ccccc4c(O[C@H]4CN5C(=O)[C@@H](OC(N)=O)CCCCC/C=C\[C@@H]6C[C@@]6(C(=O)NS(=O)(=O)C6CC6)NC(=O)[C@@]5(C(C)(C)C)C4)nc3c2c1. The van der Waals surface area contributed by atoms with Gasteiger partial charge in [0.25, 0.3) is 11.8 Å². The number of ether oxygens (including phenoxy) is 3. The Hall–Kier alpha value is -5.38. The highest BCUT2D eigenvalue weighted by molar-refractivity contribution is 7.91. The van der Waals surface area contributed by atoms with Gasteiger partial charge in [0.1, 0.15) is 34.0 Å². The Labute approximate surface area is 336 Å². The fraction of sp³-hybridized carbons (Fsp3) is 0.500. The molecule has 2 aliphatic carbocycles. The second-order valence-corrected chi connectivity index (χ2v) is 19.0. The Kier molecular flexibility index (Phi) is 9.84. The van der Waals surface area contributed by atoms with Crippen molar-refractivity contribution < 1.29 is 46.2 Å². The van der Waals surface area contributed by atoms with Gasteiger partial charge in [0.15, 0.2) is 11.7 Å². The second-order valence-electron chi connectivity index (χ2n) is 17.0. The topological polar surface area (TPSA) is 209 Å². The van der Waals surface area contributed by atoms with Crippen LogP contribution in [0.3, 0.4) is 0 Å². The number of nitrogens with one attached hydrogen (secondary N) is 2. The van der Waals surface area contributed by atoms with E-state index in [1.54, 1.807) is 13.2 Å². The Bertz CT molecular complexity index is 2470. The number of pyridine rings is 1. The third-order valence-electron chi connectivity index (χ3n) is 12.2. The molecule has 4 heterocycles. The molecule has 4 amide bonds. The number of allylic oxidation sites excluding steroid dienone is 1. The van der Waals surface area contributed by atoms with Gasteiger partial charge in [-0.2, -0.15) is 0 Å². The van der Waals surface area contributed by atoms with Crippen LogP contribution >= 0.6 is 0 Å². The van der Waals surface area contributed by atoms with E-state index in [-0.39, 0.29) is 31.7 Å². The Morgan fingerprint density at radius 3 is 2.48 bits per heavy atom. The smallest absolute Gasteiger partial charge is 0.405 e. The van der Waals surface area contributed by atoms with Crippen LogP contribution in [0.5, 0.6) is 11.6 Å². The number of aromatic nitrogens is 1. The lowest BCUT2D eigenvalue weighted by Crippen LogP contribution is -2.68. The zero-order chi connectivity index (χ0) is 41.2. The first-order valence-corrected chi connectivity index (χ1v) is 21.4. The molecule has 4 aliphatic rings. The molecule has 8 rings (SSSR count). The monoisotopic (exact) mass is 815 g/mol. The van der Waals surface area contributed by atoms with E-state index in [0.29, 0.717) is 65.3 Å². The maximum Gasteiger partial charge on any atom is 0.405 e. The lowest BCUT2D eigenvalue weighted by molar-refractivity contribution is -0.158. The average Bonchev–Trinajstić information content (AvgIpc) is 4.08. The summed E-state index contributed by atoms with van der Waals surface area (Å²) in [6.45, 7) is 5.32. The zero-order valence-electron chi connectivity index (χ0n) is 33.0. The predicted molar refractivity (Wildman–Crippen MR) is 214 cm³/mol. The number of carbonyl (C=O) groups is 4. The van der Waals surface area contributed by atoms with Crippen molar-refractivity contribution in [3.8, 4) is 11.6 Å². The summed E-state index contributed by atoms with van der Waals surface area (Å²) in [5.41, 5.74) is 2.89. The van der Waals surface area contributed by atoms with Crippen LogP contribution < -0.4 is 25.2 Å². The molecule has 308 valence electrons. The number of amides is 4. The van der Waals surface area contributed by atoms with E-state index in [1.807, 2.05) is 69.3 Å². The van der Waals surface area contributed by atoms with Crippen LogP contribution in [0.4, 0.5) is 4.79 Å². The van der Waals surface area contributed by atoms with Crippen molar-refractivity contribution in [2.75, 3.05) is 13.7 Å². The van der Waals surface area contributed by atoms with E-state index in [1.165, 1.54) is 4.90 Å². The van der Waals surface area contributed by atoms with Crippen LogP contribution in [0.1, 0.15) is 78.6 Å². The number of hydrogen-bond acceptors (Lipinski definition) is 11. The van der Waals surface area contributed by atoms with Crippen LogP contribution in [-0.2, 0) is 29.1 Å². The minimum absolute atomic E-state index is 0.0516. The summed E-state index contributed by atoms with van der Waals surface area (Å²) < 4.78 is 52.4. The minimum Gasteiger partial charge on any atom is -0.497 e. The lowest BCUT2D eigenvalue weighted by Gasteiger charge is -2.47. The van der Waals surface area contributed by atoms with Gasteiger partial charge in [-0.15, -0.1) is 0 Å². The number of nitrogens with two attached hydrogens (primary N) is 1. The number of hydrogen-bond donors (Lipinski definition) is 3. The molecule has 2 aromatic carbocycles. The van der Waals surface area contributed by atoms with Crippen molar-refractivity contribution >= 4 is 66.7 Å². The molecule has 4 N–H and O–H groups in total. The third kappa shape index (κ3) is 6.88. The number of sulfonamides is 1. The van der Waals surface area contributed by atoms with Crippen molar-refractivity contribution in [2.45, 2.75) is 107 Å². The predicted octanol–water partition coefficient (Wildman–Crippen LogP) is 5.37. The van der Waals surface area contributed by atoms with E-state index in [0.717, 1.165) is 11.8 Å². The van der Waals surface area contributed by atoms with Crippen LogP contribution in [0.2, 0.25) is 0 Å². The Morgan fingerprint density at radius 1 is 1.02 bits per heavy atom. The first-order valence-electron chi connectivity index (χ1n) is 19.9. The highest BCUT2D eigenvalue weighted by atomic mass is 32.2. The van der Waals surface area contributed by atoms with Gasteiger partial charge in [-0.1, -0.05) is 57.5 Å². The molecular formula is C42H49N5O10S. The molecule has 2 aromatic heterocycles. The quantitative estimate of drug-likeness (QED) is 0.202. The normalized spacial score (nSPS) is 27.5. The molecule has 3 fully saturated rings. The van der Waals surface area contributed by atoms with Gasteiger partial charge in [-0.25, -0.2) is 18.2 Å². The lowest BCUT2D eigenvalue weighted by atomic mass is 9.70. The van der Waals surface area contributed by atoms with E-state index in [4.69, 9.17) is 29.3 Å². The minimum atomic E-state index is -3.95. The molecule has 2 aliphatic heterocycles. The standard InChI is InChI=1S/C42H49N5O10S/c1-40(2,3)42-22-26(55-35-29-14-11-10-13-28(29)34-33(44-35)30-20-25(54-4)16-19-31(30)56-34)23-47(42)36(48)32(57-39(43)51)15-9-7-5-6-8-12-24-21-41(24,45-38(42)50)37(49)46-58(52,53)27-17-18-27/h8,10-14,16,19-20,24,26-27,32H,5-7,9,15,17-18,21-23H2,1-4H3,(H2,43,51)(H,45,50)(H,46,49)/b12-8-/t24-,26-,32+,41-,42-/m1/s1. The summed E-state index contributed by atoms with van der Waals surface area (Å²) in [4.78, 5) is 62.8. The van der Waals surface area contributed by atoms with Crippen LogP contribution in [0, 0.1) is 11.3 Å². The van der Waals surface area contributed by atoms with E-state index >= 15 is 4.79 Å². The molecule has 15 nitrogen and oxygen atoms in total. The number of fused-ring (bicyclic) bond motifs is 7. The molecular weight excluding hydrogens is 767 g/mol. The molecule has 4 aromatic rings. The van der Waals surface area contributed by atoms with Crippen molar-refractivity contribution in [1.82, 2.24) is 19.9 Å². The summed E-state index contributed by atoms with van der Waals surface area (Å²) in [6.07, 6.45) is 4.36. The van der Waals surface area contributed by atoms with E-state index in [2.05, 4.69) is 10.0 Å². The van der Waals surface area contributed by atoms with Crippen LogP contribution in [0.15, 0.2) is 59.0 Å². The summed E-state index contributed by atoms with van der Waals surface area (Å²) in [5, 5.41) is 4.41. The molecule has 58 heavy (non-hydrogen) atoms. The molecule has 1 saturated heterocycles. The molecule has 5 atom stereocenters. The van der Waals surface area contributed by atoms with E-state index < -0.39 is 73.7 Å². The maximum absolute atomic E-state index is 15.3. The molecule has 0 spiro atoms. The first-order chi connectivity index (χ1) is 27.6. The summed E-state index contributed by atoms with van der Waals surface area (Å²) in [5.74, 6) is -1.74. The zero-order valence-corrected chi connectivity index (χ0v) is 33.9. The number of methoxy groups -OCH3 is 1. The van der Waals surface area contributed by atoms with Crippen LogP contribution in [-0.4, -0.2) is 84.3 Å². The number of benzene rings is 2. The molecule has 0 bridgehead atoms. The van der Waals surface area contributed by atoms with Gasteiger partial charge in [-0.3, -0.25) is 19.1 Å². The van der Waals surface area contributed by atoms with Crippen molar-refractivity contribution in [3.05, 3.63) is 54.6 Å². The largest absolute Gasteiger partial charge is 0.497 e. The summed E-state index contributed by atoms with van der Waals surface area (Å²) in [6, 6.07) is 12.9. The van der Waals surface area contributed by atoms with Crippen molar-refractivity contribution in [3.63, 3.8) is 0 Å². The number of nitrogens with zero attached hydrogens (tertiary/aromatic N) is 2. The average molecular weight is 816 g/mol. The van der Waals surface area contributed by atoms with Crippen molar-refractivity contribution in [2.24, 2.45) is 17.1 Å². The third-order valence-corrected chi connectivity index (χ3v) is 14.0. The van der Waals surface area contributed by atoms with Gasteiger partial charge in [-0.05, 0) is 74.6 Å². The summed E-state index contributed by atoms with van der Waals surface area (Å²) in [7, 11) is -2.38. The Balaban J connectivity index is 1.23. The highest BCUT2D eigenvalue weighted by Gasteiger charge is 2.67. The number of rotatable bonds is 7. The Morgan fingerprint density at radius 2 is 1.78 bits per heavy atom.